The molecule has 0 spiro atoms. The Morgan fingerprint density at radius 1 is 0.795 bits per heavy atom. The summed E-state index contributed by atoms with van der Waals surface area (Å²) < 4.78 is 7.14. The van der Waals surface area contributed by atoms with Gasteiger partial charge in [-0.2, -0.15) is 0 Å². The maximum Gasteiger partial charge on any atom is 0.338 e. The van der Waals surface area contributed by atoms with E-state index in [-0.39, 0.29) is 17.6 Å². The van der Waals surface area contributed by atoms with E-state index < -0.39 is 0 Å². The fraction of sp³-hybridized carbons (Fsp3) is 0.0938. The van der Waals surface area contributed by atoms with Gasteiger partial charge in [0, 0.05) is 22.5 Å². The van der Waals surface area contributed by atoms with E-state index in [1.807, 2.05) is 78.9 Å². The molecule has 0 saturated heterocycles. The van der Waals surface area contributed by atoms with Gasteiger partial charge in [-0.15, -0.1) is 0 Å². The topological polar surface area (TPSA) is 73.2 Å². The molecule has 0 radical (unpaired) electrons. The van der Waals surface area contributed by atoms with Crippen LogP contribution in [0.15, 0.2) is 120 Å². The fourth-order valence-electron chi connectivity index (χ4n) is 4.20. The molecular formula is C32H27N3O3S. The first-order valence-corrected chi connectivity index (χ1v) is 13.6. The van der Waals surface area contributed by atoms with Crippen molar-refractivity contribution in [3.8, 4) is 28.2 Å². The number of benzene rings is 4. The summed E-state index contributed by atoms with van der Waals surface area (Å²) in [7, 11) is 0. The van der Waals surface area contributed by atoms with Crippen LogP contribution in [0, 0.1) is 0 Å². The molecule has 0 aliphatic carbocycles. The molecule has 0 aliphatic heterocycles. The zero-order chi connectivity index (χ0) is 27.0. The lowest BCUT2D eigenvalue weighted by molar-refractivity contribution is -0.113. The lowest BCUT2D eigenvalue weighted by Crippen LogP contribution is -2.15. The average molecular weight is 534 g/mol. The molecule has 0 atom stereocenters. The highest BCUT2D eigenvalue weighted by molar-refractivity contribution is 7.99. The molecule has 7 heteroatoms. The third-order valence-electron chi connectivity index (χ3n) is 5.97. The van der Waals surface area contributed by atoms with Crippen LogP contribution >= 0.6 is 11.8 Å². The number of amides is 1. The Labute approximate surface area is 231 Å². The van der Waals surface area contributed by atoms with E-state index in [4.69, 9.17) is 9.72 Å². The summed E-state index contributed by atoms with van der Waals surface area (Å²) in [4.78, 5) is 29.9. The highest BCUT2D eigenvalue weighted by Gasteiger charge is 2.22. The van der Waals surface area contributed by atoms with Crippen molar-refractivity contribution in [3.05, 3.63) is 121 Å². The predicted octanol–water partition coefficient (Wildman–Crippen LogP) is 7.11. The van der Waals surface area contributed by atoms with E-state index in [9.17, 15) is 9.59 Å². The molecule has 4 aromatic carbocycles. The molecule has 39 heavy (non-hydrogen) atoms. The van der Waals surface area contributed by atoms with Crippen LogP contribution in [-0.4, -0.2) is 33.8 Å². The minimum atomic E-state index is -0.387. The number of ether oxygens (including phenoxy) is 1. The lowest BCUT2D eigenvalue weighted by atomic mass is 10.0. The number of hydrogen-bond donors (Lipinski definition) is 1. The van der Waals surface area contributed by atoms with Crippen LogP contribution in [0.5, 0.6) is 0 Å². The van der Waals surface area contributed by atoms with Gasteiger partial charge in [-0.1, -0.05) is 90.6 Å². The van der Waals surface area contributed by atoms with Gasteiger partial charge in [-0.3, -0.25) is 9.36 Å². The molecule has 0 fully saturated rings. The number of thioether (sulfide) groups is 1. The van der Waals surface area contributed by atoms with Crippen molar-refractivity contribution in [2.24, 2.45) is 0 Å². The minimum absolute atomic E-state index is 0.159. The summed E-state index contributed by atoms with van der Waals surface area (Å²) >= 11 is 1.37. The Bertz CT molecular complexity index is 1550. The van der Waals surface area contributed by atoms with Gasteiger partial charge in [0.15, 0.2) is 5.16 Å². The second-order valence-corrected chi connectivity index (χ2v) is 9.57. The smallest absolute Gasteiger partial charge is 0.338 e. The number of nitrogens with one attached hydrogen (secondary N) is 1. The summed E-state index contributed by atoms with van der Waals surface area (Å²) in [6.07, 6.45) is 0. The van der Waals surface area contributed by atoms with Gasteiger partial charge in [0.25, 0.3) is 0 Å². The van der Waals surface area contributed by atoms with E-state index in [2.05, 4.69) is 22.0 Å². The van der Waals surface area contributed by atoms with Crippen molar-refractivity contribution < 1.29 is 14.3 Å². The largest absolute Gasteiger partial charge is 0.462 e. The van der Waals surface area contributed by atoms with Crippen LogP contribution < -0.4 is 5.32 Å². The van der Waals surface area contributed by atoms with E-state index in [0.29, 0.717) is 23.0 Å². The first kappa shape index (κ1) is 26.0. The minimum Gasteiger partial charge on any atom is -0.462 e. The molecule has 0 saturated carbocycles. The Morgan fingerprint density at radius 2 is 1.38 bits per heavy atom. The summed E-state index contributed by atoms with van der Waals surface area (Å²) in [5, 5.41) is 3.62. The van der Waals surface area contributed by atoms with Crippen LogP contribution in [0.3, 0.4) is 0 Å². The number of carbonyl (C=O) groups is 2. The number of hydrogen-bond acceptors (Lipinski definition) is 5. The van der Waals surface area contributed by atoms with Crippen molar-refractivity contribution in [3.63, 3.8) is 0 Å². The van der Waals surface area contributed by atoms with Gasteiger partial charge in [0.05, 0.1) is 29.3 Å². The number of esters is 1. The number of para-hydroxylation sites is 1. The second-order valence-electron chi connectivity index (χ2n) is 8.63. The molecular weight excluding hydrogens is 506 g/mol. The van der Waals surface area contributed by atoms with Crippen LogP contribution in [0.25, 0.3) is 28.2 Å². The number of rotatable bonds is 9. The summed E-state index contributed by atoms with van der Waals surface area (Å²) in [5.74, 6) is -0.400. The zero-order valence-corrected chi connectivity index (χ0v) is 22.2. The zero-order valence-electron chi connectivity index (χ0n) is 21.4. The third kappa shape index (κ3) is 6.10. The number of imidazole rings is 1. The molecule has 5 rings (SSSR count). The van der Waals surface area contributed by atoms with Gasteiger partial charge in [0.1, 0.15) is 0 Å². The number of anilines is 1. The summed E-state index contributed by atoms with van der Waals surface area (Å²) in [5.41, 5.74) is 5.85. The van der Waals surface area contributed by atoms with Gasteiger partial charge < -0.3 is 10.1 Å². The molecule has 5 aromatic rings. The van der Waals surface area contributed by atoms with Crippen LogP contribution in [-0.2, 0) is 9.53 Å². The molecule has 1 aromatic heterocycles. The van der Waals surface area contributed by atoms with Gasteiger partial charge in [0.2, 0.25) is 5.91 Å². The molecule has 194 valence electrons. The molecule has 1 N–H and O–H groups in total. The predicted molar refractivity (Wildman–Crippen MR) is 156 cm³/mol. The Hall–Kier alpha value is -4.62. The fourth-order valence-corrected chi connectivity index (χ4v) is 5.02. The SMILES string of the molecule is CCOC(=O)c1ccc(NC(=O)CSc2nc(-c3ccccc3)c(-c3ccccc3)n2-c2ccccc2)cc1. The van der Waals surface area contributed by atoms with Crippen molar-refractivity contribution in [2.75, 3.05) is 17.7 Å². The quantitative estimate of drug-likeness (QED) is 0.161. The molecule has 1 amide bonds. The number of nitrogens with zero attached hydrogens (tertiary/aromatic N) is 2. The van der Waals surface area contributed by atoms with Crippen molar-refractivity contribution >= 4 is 29.3 Å². The monoisotopic (exact) mass is 533 g/mol. The summed E-state index contributed by atoms with van der Waals surface area (Å²) in [6, 6.07) is 37.0. The maximum atomic E-state index is 12.9. The molecule has 6 nitrogen and oxygen atoms in total. The second kappa shape index (κ2) is 12.3. The molecule has 0 unspecified atom stereocenters. The van der Waals surface area contributed by atoms with Gasteiger partial charge in [-0.05, 0) is 43.3 Å². The third-order valence-corrected chi connectivity index (χ3v) is 6.91. The standard InChI is InChI=1S/C32H27N3O3S/c1-2-38-31(37)25-18-20-26(21-19-25)33-28(36)22-39-32-34-29(23-12-6-3-7-13-23)30(24-14-8-4-9-15-24)35(32)27-16-10-5-11-17-27/h3-21H,2,22H2,1H3,(H,33,36). The highest BCUT2D eigenvalue weighted by Crippen LogP contribution is 2.38. The Kier molecular flexibility index (Phi) is 8.19. The van der Waals surface area contributed by atoms with Crippen LogP contribution in [0.4, 0.5) is 5.69 Å². The van der Waals surface area contributed by atoms with Crippen molar-refractivity contribution in [1.82, 2.24) is 9.55 Å². The molecule has 0 bridgehead atoms. The highest BCUT2D eigenvalue weighted by atomic mass is 32.2. The number of aromatic nitrogens is 2. The average Bonchev–Trinajstić information content (AvgIpc) is 3.37. The summed E-state index contributed by atoms with van der Waals surface area (Å²) in [6.45, 7) is 2.07. The normalized spacial score (nSPS) is 10.7. The first-order valence-electron chi connectivity index (χ1n) is 12.6. The molecule has 1 heterocycles. The first-order chi connectivity index (χ1) is 19.1. The van der Waals surface area contributed by atoms with E-state index in [1.54, 1.807) is 31.2 Å². The Balaban J connectivity index is 1.45. The Morgan fingerprint density at radius 3 is 2.00 bits per heavy atom. The van der Waals surface area contributed by atoms with E-state index >= 15 is 0 Å². The van der Waals surface area contributed by atoms with Gasteiger partial charge in [-0.25, -0.2) is 9.78 Å². The van der Waals surface area contributed by atoms with Crippen molar-refractivity contribution in [1.29, 1.82) is 0 Å². The van der Waals surface area contributed by atoms with Crippen LogP contribution in [0.1, 0.15) is 17.3 Å². The van der Waals surface area contributed by atoms with E-state index in [0.717, 1.165) is 28.2 Å². The number of carbonyl (C=O) groups excluding carboxylic acids is 2. The maximum absolute atomic E-state index is 12.9. The van der Waals surface area contributed by atoms with Crippen molar-refractivity contribution in [2.45, 2.75) is 12.1 Å². The van der Waals surface area contributed by atoms with E-state index in [1.165, 1.54) is 11.8 Å². The molecule has 0 aliphatic rings. The lowest BCUT2D eigenvalue weighted by Gasteiger charge is -2.13. The van der Waals surface area contributed by atoms with Crippen LogP contribution in [0.2, 0.25) is 0 Å². The van der Waals surface area contributed by atoms with Gasteiger partial charge >= 0.3 is 5.97 Å².